The summed E-state index contributed by atoms with van der Waals surface area (Å²) in [6.45, 7) is 6.49. The molecule has 7 nitrogen and oxygen atoms in total. The summed E-state index contributed by atoms with van der Waals surface area (Å²) < 4.78 is 86.6. The summed E-state index contributed by atoms with van der Waals surface area (Å²) in [5, 5.41) is 14.0. The Labute approximate surface area is 344 Å². The van der Waals surface area contributed by atoms with Gasteiger partial charge in [0, 0.05) is 58.5 Å². The lowest BCUT2D eigenvalue weighted by molar-refractivity contribution is -0.137. The molecule has 60 heavy (non-hydrogen) atoms. The largest absolute Gasteiger partial charge is 0.418 e. The minimum absolute atomic E-state index is 0.00388. The first kappa shape index (κ1) is 41.5. The molecular weight excluding hydrogens is 779 g/mol. The van der Waals surface area contributed by atoms with Gasteiger partial charge in [0.1, 0.15) is 0 Å². The van der Waals surface area contributed by atoms with E-state index in [1.165, 1.54) is 24.3 Å². The molecule has 0 aliphatic carbocycles. The molecule has 0 saturated carbocycles. The summed E-state index contributed by atoms with van der Waals surface area (Å²) in [7, 11) is 0. The molecule has 13 heteroatoms. The summed E-state index contributed by atoms with van der Waals surface area (Å²) >= 11 is 0. The van der Waals surface area contributed by atoms with Gasteiger partial charge in [-0.1, -0.05) is 60.7 Å². The van der Waals surface area contributed by atoms with Crippen LogP contribution >= 0.6 is 0 Å². The molecule has 2 aromatic heterocycles. The quantitative estimate of drug-likeness (QED) is 0.0723. The van der Waals surface area contributed by atoms with Gasteiger partial charge in [-0.25, -0.2) is 0 Å². The number of nitrogens with one attached hydrogen (secondary N) is 4. The predicted octanol–water partition coefficient (Wildman–Crippen LogP) is 9.56. The highest BCUT2D eigenvalue weighted by molar-refractivity contribution is 6.21. The first-order valence-corrected chi connectivity index (χ1v) is 20.5. The Balaban J connectivity index is 1.25. The van der Waals surface area contributed by atoms with Gasteiger partial charge in [-0.3, -0.25) is 14.8 Å². The van der Waals surface area contributed by atoms with Gasteiger partial charge in [0.25, 0.3) is 0 Å². The fraction of sp³-hybridized carbons (Fsp3) is 0.340. The molecule has 6 aromatic rings. The molecule has 0 atom stereocenters. The zero-order chi connectivity index (χ0) is 41.9. The highest BCUT2D eigenvalue weighted by atomic mass is 19.4. The number of hydrogen-bond donors (Lipinski definition) is 4. The number of aromatic nitrogens is 2. The summed E-state index contributed by atoms with van der Waals surface area (Å²) in [4.78, 5) is 23.7. The van der Waals surface area contributed by atoms with Gasteiger partial charge in [0.05, 0.1) is 22.2 Å². The number of alkyl halides is 6. The lowest BCUT2D eigenvalue weighted by atomic mass is 9.87. The van der Waals surface area contributed by atoms with Gasteiger partial charge in [-0.05, 0) is 123 Å². The highest BCUT2D eigenvalue weighted by Crippen LogP contribution is 2.42. The Hall–Kier alpha value is -5.21. The van der Waals surface area contributed by atoms with Crippen molar-refractivity contribution < 1.29 is 31.1 Å². The van der Waals surface area contributed by atoms with Crippen molar-refractivity contribution in [3.05, 3.63) is 131 Å². The van der Waals surface area contributed by atoms with Gasteiger partial charge >= 0.3 is 12.4 Å². The molecule has 2 aliphatic heterocycles. The minimum atomic E-state index is -4.73. The Morgan fingerprint density at radius 3 is 1.38 bits per heavy atom. The van der Waals surface area contributed by atoms with Crippen LogP contribution in [0, 0.1) is 11.8 Å². The smallest absolute Gasteiger partial charge is 0.317 e. The first-order valence-electron chi connectivity index (χ1n) is 20.5. The van der Waals surface area contributed by atoms with Crippen molar-refractivity contribution in [1.82, 2.24) is 31.2 Å². The molecule has 0 unspecified atom stereocenters. The van der Waals surface area contributed by atoms with E-state index in [1.54, 1.807) is 24.3 Å². The molecule has 0 bridgehead atoms. The van der Waals surface area contributed by atoms with Gasteiger partial charge in [-0.15, -0.1) is 0 Å². The van der Waals surface area contributed by atoms with Crippen LogP contribution in [0.5, 0.6) is 0 Å². The van der Waals surface area contributed by atoms with Crippen molar-refractivity contribution in [3.8, 4) is 22.3 Å². The van der Waals surface area contributed by atoms with Crippen LogP contribution in [0.3, 0.4) is 0 Å². The summed E-state index contributed by atoms with van der Waals surface area (Å²) in [6.07, 6.45) is -2.91. The molecule has 0 amide bonds. The molecule has 2 aliphatic rings. The van der Waals surface area contributed by atoms with E-state index < -0.39 is 29.3 Å². The third-order valence-electron chi connectivity index (χ3n) is 11.8. The van der Waals surface area contributed by atoms with E-state index in [0.29, 0.717) is 36.1 Å². The topological polar surface area (TPSA) is 91.0 Å². The molecule has 312 valence electrons. The highest BCUT2D eigenvalue weighted by Gasteiger charge is 2.36. The summed E-state index contributed by atoms with van der Waals surface area (Å²) in [5.41, 5.74) is 0.688. The lowest BCUT2D eigenvalue weighted by Crippen LogP contribution is -2.33. The number of nitrogens with zero attached hydrogens (tertiary/aromatic N) is 2. The fourth-order valence-electron chi connectivity index (χ4n) is 8.70. The number of fused-ring (bicyclic) bond motifs is 2. The van der Waals surface area contributed by atoms with Gasteiger partial charge < -0.3 is 21.3 Å². The second-order valence-corrected chi connectivity index (χ2v) is 15.9. The van der Waals surface area contributed by atoms with E-state index >= 15 is 4.79 Å². The zero-order valence-corrected chi connectivity index (χ0v) is 32.9. The Kier molecular flexibility index (Phi) is 12.3. The number of carbonyl (C=O) groups excluding carboxylic acids is 1. The van der Waals surface area contributed by atoms with E-state index in [0.717, 1.165) is 101 Å². The Morgan fingerprint density at radius 2 is 0.983 bits per heavy atom. The number of carbonyl (C=O) groups is 1. The van der Waals surface area contributed by atoms with Crippen LogP contribution in [-0.2, 0) is 25.4 Å². The van der Waals surface area contributed by atoms with E-state index in [-0.39, 0.29) is 44.1 Å². The van der Waals surface area contributed by atoms with E-state index in [1.807, 2.05) is 24.3 Å². The van der Waals surface area contributed by atoms with Crippen LogP contribution in [0.4, 0.5) is 26.3 Å². The average molecular weight is 825 g/mol. The van der Waals surface area contributed by atoms with Gasteiger partial charge in [0.2, 0.25) is 0 Å². The third kappa shape index (κ3) is 9.09. The van der Waals surface area contributed by atoms with E-state index in [9.17, 15) is 26.3 Å². The van der Waals surface area contributed by atoms with Gasteiger partial charge in [0.15, 0.2) is 5.78 Å². The van der Waals surface area contributed by atoms with Crippen LogP contribution < -0.4 is 21.3 Å². The molecule has 8 rings (SSSR count). The monoisotopic (exact) mass is 824 g/mol. The number of ketones is 1. The van der Waals surface area contributed by atoms with Crippen LogP contribution in [0.2, 0.25) is 0 Å². The van der Waals surface area contributed by atoms with Crippen LogP contribution in [0.25, 0.3) is 44.1 Å². The second-order valence-electron chi connectivity index (χ2n) is 15.9. The standard InChI is InChI=1S/C47H46F6N6O/c48-46(49,50)39-11-3-9-35-41(33-7-1-5-31(21-33)25-56-23-29-13-17-54-18-14-29)37(27-58-43(35)39)45(60)38-28-59-44-36(10-4-12-40(44)47(51,52)53)42(38)34-8-2-6-32(22-34)26-57-24-30-15-19-55-20-16-30/h1-12,21-22,27-30,54-57H,13-20,23-26H2. The Morgan fingerprint density at radius 1 is 0.583 bits per heavy atom. The van der Waals surface area contributed by atoms with Crippen molar-refractivity contribution in [3.63, 3.8) is 0 Å². The fourth-order valence-corrected chi connectivity index (χ4v) is 8.70. The van der Waals surface area contributed by atoms with Crippen molar-refractivity contribution >= 4 is 27.6 Å². The number of hydrogen-bond acceptors (Lipinski definition) is 7. The van der Waals surface area contributed by atoms with Crippen molar-refractivity contribution in [2.24, 2.45) is 11.8 Å². The molecular formula is C47H46F6N6O. The molecule has 0 radical (unpaired) electrons. The SMILES string of the molecule is O=C(c1cnc2c(C(F)(F)F)cccc2c1-c1cccc(CNCC2CCNCC2)c1)c1cnc2c(C(F)(F)F)cccc2c1-c1cccc(CNCC2CCNCC2)c1. The number of pyridine rings is 2. The van der Waals surface area contributed by atoms with Crippen LogP contribution in [-0.4, -0.2) is 55.0 Å². The molecule has 4 heterocycles. The first-order chi connectivity index (χ1) is 29.0. The minimum Gasteiger partial charge on any atom is -0.317 e. The lowest BCUT2D eigenvalue weighted by Gasteiger charge is -2.23. The molecule has 2 saturated heterocycles. The second kappa shape index (κ2) is 17.8. The number of piperidine rings is 2. The van der Waals surface area contributed by atoms with Crippen LogP contribution in [0.15, 0.2) is 97.3 Å². The number of benzene rings is 4. The van der Waals surface area contributed by atoms with E-state index in [2.05, 4.69) is 31.2 Å². The van der Waals surface area contributed by atoms with Crippen molar-refractivity contribution in [2.45, 2.75) is 51.1 Å². The summed E-state index contributed by atoms with van der Waals surface area (Å²) in [5.74, 6) is 0.413. The van der Waals surface area contributed by atoms with E-state index in [4.69, 9.17) is 0 Å². The maximum Gasteiger partial charge on any atom is 0.418 e. The van der Waals surface area contributed by atoms with Gasteiger partial charge in [-0.2, -0.15) is 26.3 Å². The third-order valence-corrected chi connectivity index (χ3v) is 11.8. The number of rotatable bonds is 12. The average Bonchev–Trinajstić information content (AvgIpc) is 3.25. The number of para-hydroxylation sites is 2. The maximum absolute atomic E-state index is 15.2. The van der Waals surface area contributed by atoms with Crippen molar-refractivity contribution in [1.29, 1.82) is 0 Å². The molecule has 4 aromatic carbocycles. The molecule has 4 N–H and O–H groups in total. The normalized spacial score (nSPS) is 15.8. The molecule has 2 fully saturated rings. The molecule has 0 spiro atoms. The Bertz CT molecular complexity index is 2320. The number of halogens is 6. The predicted molar refractivity (Wildman–Crippen MR) is 222 cm³/mol. The maximum atomic E-state index is 15.2. The van der Waals surface area contributed by atoms with Crippen LogP contribution in [0.1, 0.15) is 63.9 Å². The van der Waals surface area contributed by atoms with Crippen molar-refractivity contribution in [2.75, 3.05) is 39.3 Å². The summed E-state index contributed by atoms with van der Waals surface area (Å²) in [6, 6.07) is 22.2. The zero-order valence-electron chi connectivity index (χ0n) is 32.9.